The molecule has 0 aliphatic carbocycles. The molecule has 0 fully saturated rings. The van der Waals surface area contributed by atoms with E-state index < -0.39 is 9.84 Å². The summed E-state index contributed by atoms with van der Waals surface area (Å²) < 4.78 is 30.5. The number of thiophene rings is 1. The maximum atomic E-state index is 12.1. The highest BCUT2D eigenvalue weighted by Crippen LogP contribution is 2.52. The quantitative estimate of drug-likeness (QED) is 0.215. The molecular weight excluding hydrogens is 537 g/mol. The summed E-state index contributed by atoms with van der Waals surface area (Å²) in [4.78, 5) is 8.91. The van der Waals surface area contributed by atoms with Gasteiger partial charge >= 0.3 is 0 Å². The Labute approximate surface area is 236 Å². The van der Waals surface area contributed by atoms with Crippen molar-refractivity contribution in [2.45, 2.75) is 11.8 Å². The van der Waals surface area contributed by atoms with Crippen molar-refractivity contribution in [1.82, 2.24) is 4.98 Å². The van der Waals surface area contributed by atoms with Crippen LogP contribution >= 0.6 is 11.3 Å². The van der Waals surface area contributed by atoms with Crippen LogP contribution in [0.25, 0.3) is 32.6 Å². The van der Waals surface area contributed by atoms with E-state index in [1.165, 1.54) is 6.26 Å². The number of ether oxygens (including phenoxy) is 1. The van der Waals surface area contributed by atoms with E-state index in [4.69, 9.17) is 9.72 Å². The van der Waals surface area contributed by atoms with Crippen molar-refractivity contribution in [2.24, 2.45) is 0 Å². The number of rotatable bonds is 4. The zero-order valence-electron chi connectivity index (χ0n) is 21.8. The van der Waals surface area contributed by atoms with Gasteiger partial charge in [-0.2, -0.15) is 0 Å². The second kappa shape index (κ2) is 9.33. The number of aryl methyl sites for hydroxylation is 1. The number of pyridine rings is 1. The van der Waals surface area contributed by atoms with Gasteiger partial charge in [0.2, 0.25) is 0 Å². The van der Waals surface area contributed by atoms with E-state index in [1.54, 1.807) is 23.5 Å². The van der Waals surface area contributed by atoms with Gasteiger partial charge in [-0.05, 0) is 72.5 Å². The highest BCUT2D eigenvalue weighted by Gasteiger charge is 2.28. The SMILES string of the molecule is Cc1ccc(N2c3ccccc3Oc3ccccc32)c2nc(-c3ccc(S(C)(=O)=O)cc3)cc(-c3cccs3)c12. The van der Waals surface area contributed by atoms with Crippen LogP contribution < -0.4 is 9.64 Å². The second-order valence-electron chi connectivity index (χ2n) is 9.83. The molecule has 40 heavy (non-hydrogen) atoms. The number of anilines is 3. The third-order valence-corrected chi connectivity index (χ3v) is 9.22. The van der Waals surface area contributed by atoms with E-state index in [0.717, 1.165) is 66.7 Å². The van der Waals surface area contributed by atoms with E-state index in [1.807, 2.05) is 48.5 Å². The molecule has 7 heteroatoms. The molecule has 196 valence electrons. The van der Waals surface area contributed by atoms with Crippen molar-refractivity contribution in [3.05, 3.63) is 114 Å². The van der Waals surface area contributed by atoms with Crippen LogP contribution in [0.4, 0.5) is 17.1 Å². The Bertz CT molecular complexity index is 1970. The van der Waals surface area contributed by atoms with Gasteiger partial charge in [0, 0.05) is 27.6 Å². The Balaban J connectivity index is 1.54. The number of hydrogen-bond donors (Lipinski definition) is 0. The molecule has 0 unspecified atom stereocenters. The largest absolute Gasteiger partial charge is 0.453 e. The van der Waals surface area contributed by atoms with Gasteiger partial charge in [-0.25, -0.2) is 13.4 Å². The lowest BCUT2D eigenvalue weighted by atomic mass is 9.97. The maximum absolute atomic E-state index is 12.1. The molecule has 0 atom stereocenters. The van der Waals surface area contributed by atoms with Crippen LogP contribution in [-0.2, 0) is 9.84 Å². The number of nitrogens with zero attached hydrogens (tertiary/aromatic N) is 2. The molecule has 0 amide bonds. The van der Waals surface area contributed by atoms with Crippen molar-refractivity contribution < 1.29 is 13.2 Å². The molecule has 7 rings (SSSR count). The second-order valence-corrected chi connectivity index (χ2v) is 12.8. The van der Waals surface area contributed by atoms with Crippen molar-refractivity contribution >= 4 is 49.1 Å². The van der Waals surface area contributed by atoms with Gasteiger partial charge in [-0.15, -0.1) is 11.3 Å². The number of sulfone groups is 1. The molecule has 4 aromatic carbocycles. The summed E-state index contributed by atoms with van der Waals surface area (Å²) in [5.74, 6) is 1.56. The van der Waals surface area contributed by atoms with Gasteiger partial charge in [0.1, 0.15) is 0 Å². The number of fused-ring (bicyclic) bond motifs is 3. The standard InChI is InChI=1S/C33H24N2O3S2/c1-21-13-18-28(35-26-8-3-5-10-29(26)38-30-11-6-4-9-27(30)35)33-32(21)24(31-12-7-19-39-31)20-25(34-33)22-14-16-23(17-15-22)40(2,36)37/h3-20H,1-2H3. The molecule has 0 saturated carbocycles. The Morgan fingerprint density at radius 3 is 2.08 bits per heavy atom. The molecule has 0 bridgehead atoms. The lowest BCUT2D eigenvalue weighted by Crippen LogP contribution is -2.16. The first-order valence-electron chi connectivity index (χ1n) is 12.8. The minimum absolute atomic E-state index is 0.286. The third kappa shape index (κ3) is 4.06. The summed E-state index contributed by atoms with van der Waals surface area (Å²) in [6.07, 6.45) is 1.22. The molecule has 1 aliphatic rings. The summed E-state index contributed by atoms with van der Waals surface area (Å²) in [7, 11) is -3.30. The first-order valence-corrected chi connectivity index (χ1v) is 15.6. The zero-order valence-corrected chi connectivity index (χ0v) is 23.5. The van der Waals surface area contributed by atoms with E-state index in [-0.39, 0.29) is 4.90 Å². The summed E-state index contributed by atoms with van der Waals surface area (Å²) in [6.45, 7) is 2.12. The van der Waals surface area contributed by atoms with Gasteiger partial charge in [-0.3, -0.25) is 0 Å². The van der Waals surface area contributed by atoms with Crippen LogP contribution in [0.3, 0.4) is 0 Å². The predicted molar refractivity (Wildman–Crippen MR) is 163 cm³/mol. The Morgan fingerprint density at radius 2 is 1.45 bits per heavy atom. The molecule has 0 N–H and O–H groups in total. The smallest absolute Gasteiger partial charge is 0.175 e. The first kappa shape index (κ1) is 24.6. The van der Waals surface area contributed by atoms with Gasteiger partial charge in [-0.1, -0.05) is 48.5 Å². The minimum atomic E-state index is -3.30. The summed E-state index contributed by atoms with van der Waals surface area (Å²) in [5.41, 5.74) is 7.53. The van der Waals surface area contributed by atoms with Gasteiger partial charge < -0.3 is 9.64 Å². The molecule has 0 radical (unpaired) electrons. The molecule has 6 aromatic rings. The highest BCUT2D eigenvalue weighted by atomic mass is 32.2. The highest BCUT2D eigenvalue weighted by molar-refractivity contribution is 7.90. The van der Waals surface area contributed by atoms with Crippen molar-refractivity contribution in [2.75, 3.05) is 11.2 Å². The topological polar surface area (TPSA) is 59.5 Å². The molecule has 0 spiro atoms. The predicted octanol–water partition coefficient (Wildman–Crippen LogP) is 8.92. The third-order valence-electron chi connectivity index (χ3n) is 7.19. The fourth-order valence-corrected chi connectivity index (χ4v) is 6.67. The summed E-state index contributed by atoms with van der Waals surface area (Å²) in [5, 5.41) is 3.16. The van der Waals surface area contributed by atoms with Crippen LogP contribution in [0.2, 0.25) is 0 Å². The van der Waals surface area contributed by atoms with Crippen LogP contribution in [0.15, 0.2) is 113 Å². The molecule has 3 heterocycles. The molecular formula is C33H24N2O3S2. The fourth-order valence-electron chi connectivity index (χ4n) is 5.29. The number of para-hydroxylation sites is 4. The Kier molecular flexibility index (Phi) is 5.73. The summed E-state index contributed by atoms with van der Waals surface area (Å²) in [6, 6.07) is 33.6. The van der Waals surface area contributed by atoms with Crippen molar-refractivity contribution in [3.8, 4) is 33.2 Å². The fraction of sp³-hybridized carbons (Fsp3) is 0.0606. The van der Waals surface area contributed by atoms with E-state index in [2.05, 4.69) is 59.7 Å². The van der Waals surface area contributed by atoms with Gasteiger partial charge in [0.05, 0.1) is 33.2 Å². The lowest BCUT2D eigenvalue weighted by Gasteiger charge is -2.33. The van der Waals surface area contributed by atoms with Crippen LogP contribution in [0.1, 0.15) is 5.56 Å². The van der Waals surface area contributed by atoms with Crippen LogP contribution in [0, 0.1) is 6.92 Å². The number of benzene rings is 4. The zero-order chi connectivity index (χ0) is 27.4. The minimum Gasteiger partial charge on any atom is -0.453 e. The average molecular weight is 561 g/mol. The van der Waals surface area contributed by atoms with Crippen molar-refractivity contribution in [3.63, 3.8) is 0 Å². The van der Waals surface area contributed by atoms with Crippen LogP contribution in [-0.4, -0.2) is 19.7 Å². The first-order chi connectivity index (χ1) is 19.4. The lowest BCUT2D eigenvalue weighted by molar-refractivity contribution is 0.477. The Hall–Kier alpha value is -4.46. The molecule has 2 aromatic heterocycles. The van der Waals surface area contributed by atoms with Crippen molar-refractivity contribution in [1.29, 1.82) is 0 Å². The van der Waals surface area contributed by atoms with E-state index in [0.29, 0.717) is 0 Å². The maximum Gasteiger partial charge on any atom is 0.175 e. The Morgan fingerprint density at radius 1 is 0.775 bits per heavy atom. The monoisotopic (exact) mass is 560 g/mol. The van der Waals surface area contributed by atoms with E-state index >= 15 is 0 Å². The molecule has 0 saturated heterocycles. The van der Waals surface area contributed by atoms with Gasteiger partial charge in [0.15, 0.2) is 21.3 Å². The summed E-state index contributed by atoms with van der Waals surface area (Å²) >= 11 is 1.69. The van der Waals surface area contributed by atoms with E-state index in [9.17, 15) is 8.42 Å². The van der Waals surface area contributed by atoms with Gasteiger partial charge in [0.25, 0.3) is 0 Å². The van der Waals surface area contributed by atoms with Crippen LogP contribution in [0.5, 0.6) is 11.5 Å². The number of aromatic nitrogens is 1. The molecule has 1 aliphatic heterocycles. The average Bonchev–Trinajstić information content (AvgIpc) is 3.51. The number of hydrogen-bond acceptors (Lipinski definition) is 6. The molecule has 5 nitrogen and oxygen atoms in total. The normalized spacial score (nSPS) is 12.6.